The smallest absolute Gasteiger partial charge is 0.142 e. The normalized spacial score (nSPS) is 36.2. The van der Waals surface area contributed by atoms with E-state index in [-0.39, 0.29) is 24.3 Å². The fraction of sp³-hybridized carbons (Fsp3) is 1.00. The van der Waals surface area contributed by atoms with Gasteiger partial charge in [-0.15, -0.1) is 0 Å². The Morgan fingerprint density at radius 2 is 2.25 bits per heavy atom. The van der Waals surface area contributed by atoms with Gasteiger partial charge in [0.25, 0.3) is 0 Å². The third kappa shape index (κ3) is 2.39. The van der Waals surface area contributed by atoms with Crippen molar-refractivity contribution >= 4 is 20.8 Å². The van der Waals surface area contributed by atoms with E-state index in [0.29, 0.717) is 6.61 Å². The van der Waals surface area contributed by atoms with Crippen LogP contribution in [0.5, 0.6) is 0 Å². The van der Waals surface area contributed by atoms with Crippen molar-refractivity contribution in [3.63, 3.8) is 0 Å². The Bertz CT molecular complexity index is 145. The fourth-order valence-electron chi connectivity index (χ4n) is 1.36. The first-order chi connectivity index (χ1) is 5.65. The molecule has 0 bridgehead atoms. The Morgan fingerprint density at radius 1 is 1.58 bits per heavy atom. The second-order valence-corrected chi connectivity index (χ2v) is 3.54. The summed E-state index contributed by atoms with van der Waals surface area (Å²) >= 11 is 3.80. The van der Waals surface area contributed by atoms with Gasteiger partial charge in [-0.1, -0.05) is 0 Å². The van der Waals surface area contributed by atoms with Gasteiger partial charge < -0.3 is 13.7 Å². The minimum absolute atomic E-state index is 0.0255. The van der Waals surface area contributed by atoms with Crippen molar-refractivity contribution < 1.29 is 13.7 Å². The van der Waals surface area contributed by atoms with Crippen LogP contribution in [0.15, 0.2) is 0 Å². The van der Waals surface area contributed by atoms with E-state index < -0.39 is 0 Å². The van der Waals surface area contributed by atoms with E-state index in [1.165, 1.54) is 0 Å². The predicted molar refractivity (Wildman–Crippen MR) is 52.2 cm³/mol. The molecule has 1 aliphatic rings. The molecule has 0 radical (unpaired) electrons. The summed E-state index contributed by atoms with van der Waals surface area (Å²) in [5, 5.41) is 0. The van der Waals surface area contributed by atoms with E-state index in [2.05, 4.69) is 12.9 Å². The molecule has 1 fully saturated rings. The van der Waals surface area contributed by atoms with Crippen LogP contribution in [0.4, 0.5) is 0 Å². The van der Waals surface area contributed by atoms with Crippen LogP contribution in [-0.4, -0.2) is 38.8 Å². The Labute approximate surface area is 79.8 Å². The standard InChI is InChI=1S/C7H15BO3S/c1-4(2)10-5-3-9-7(8)6(5)11-12/h4-7,12H,3,8H2,1-2H3/t5?,6?,7-/m1/s1. The zero-order valence-corrected chi connectivity index (χ0v) is 8.58. The summed E-state index contributed by atoms with van der Waals surface area (Å²) in [6, 6.07) is 0.0752. The third-order valence-electron chi connectivity index (χ3n) is 1.92. The van der Waals surface area contributed by atoms with Crippen molar-refractivity contribution in [1.82, 2.24) is 0 Å². The highest BCUT2D eigenvalue weighted by molar-refractivity contribution is 7.75. The highest BCUT2D eigenvalue weighted by atomic mass is 32.1. The molecule has 3 nitrogen and oxygen atoms in total. The molecule has 0 aromatic heterocycles. The average Bonchev–Trinajstić information content (AvgIpc) is 2.30. The van der Waals surface area contributed by atoms with Gasteiger partial charge in [0, 0.05) is 0 Å². The van der Waals surface area contributed by atoms with Crippen molar-refractivity contribution in [3.05, 3.63) is 0 Å². The second-order valence-electron chi connectivity index (χ2n) is 3.33. The van der Waals surface area contributed by atoms with Gasteiger partial charge in [0.2, 0.25) is 0 Å². The minimum atomic E-state index is -0.0456. The highest BCUT2D eigenvalue weighted by Gasteiger charge is 2.36. The lowest BCUT2D eigenvalue weighted by atomic mass is 9.94. The monoisotopic (exact) mass is 190 g/mol. The average molecular weight is 190 g/mol. The van der Waals surface area contributed by atoms with Gasteiger partial charge in [-0.05, 0) is 26.8 Å². The van der Waals surface area contributed by atoms with E-state index in [4.69, 9.17) is 13.7 Å². The van der Waals surface area contributed by atoms with E-state index >= 15 is 0 Å². The Balaban J connectivity index is 2.43. The van der Waals surface area contributed by atoms with E-state index in [9.17, 15) is 0 Å². The Morgan fingerprint density at radius 3 is 2.75 bits per heavy atom. The number of hydrogen-bond acceptors (Lipinski definition) is 4. The van der Waals surface area contributed by atoms with Crippen LogP contribution in [0.1, 0.15) is 13.8 Å². The molecule has 1 heterocycles. The molecule has 0 saturated carbocycles. The molecule has 0 amide bonds. The molecule has 70 valence electrons. The molecule has 0 aromatic carbocycles. The molecular weight excluding hydrogens is 175 g/mol. The molecule has 0 aromatic rings. The maximum absolute atomic E-state index is 5.59. The van der Waals surface area contributed by atoms with Gasteiger partial charge in [0.1, 0.15) is 20.1 Å². The molecular formula is C7H15BO3S. The van der Waals surface area contributed by atoms with Gasteiger partial charge in [-0.25, -0.2) is 0 Å². The maximum atomic E-state index is 5.59. The fourth-order valence-corrected chi connectivity index (χ4v) is 1.67. The van der Waals surface area contributed by atoms with Gasteiger partial charge in [-0.2, -0.15) is 0 Å². The summed E-state index contributed by atoms with van der Waals surface area (Å²) in [4.78, 5) is 0. The number of rotatable bonds is 3. The van der Waals surface area contributed by atoms with Crippen molar-refractivity contribution in [2.45, 2.75) is 38.2 Å². The molecule has 5 heteroatoms. The molecule has 1 rings (SSSR count). The number of hydrogen-bond donors (Lipinski definition) is 1. The topological polar surface area (TPSA) is 27.7 Å². The van der Waals surface area contributed by atoms with Crippen molar-refractivity contribution in [1.29, 1.82) is 0 Å². The van der Waals surface area contributed by atoms with Crippen molar-refractivity contribution in [2.75, 3.05) is 6.61 Å². The van der Waals surface area contributed by atoms with Crippen LogP contribution in [0.2, 0.25) is 0 Å². The van der Waals surface area contributed by atoms with Crippen LogP contribution in [0.3, 0.4) is 0 Å². The maximum Gasteiger partial charge on any atom is 0.142 e. The molecule has 1 saturated heterocycles. The molecule has 0 spiro atoms. The number of thiol groups is 1. The Kier molecular flexibility index (Phi) is 3.90. The van der Waals surface area contributed by atoms with Crippen LogP contribution < -0.4 is 0 Å². The summed E-state index contributed by atoms with van der Waals surface area (Å²) in [6.07, 6.45) is 0.183. The summed E-state index contributed by atoms with van der Waals surface area (Å²) in [5.74, 6) is 0. The predicted octanol–water partition coefficient (Wildman–Crippen LogP) is -0.000600. The van der Waals surface area contributed by atoms with Crippen LogP contribution in [-0.2, 0) is 13.7 Å². The first-order valence-corrected chi connectivity index (χ1v) is 4.59. The lowest BCUT2D eigenvalue weighted by Gasteiger charge is -2.20. The molecule has 0 aliphatic carbocycles. The first-order valence-electron chi connectivity index (χ1n) is 4.22. The summed E-state index contributed by atoms with van der Waals surface area (Å²) in [6.45, 7) is 4.60. The van der Waals surface area contributed by atoms with Crippen LogP contribution in [0, 0.1) is 0 Å². The molecule has 12 heavy (non-hydrogen) atoms. The zero-order valence-electron chi connectivity index (χ0n) is 7.69. The molecule has 1 aliphatic heterocycles. The lowest BCUT2D eigenvalue weighted by molar-refractivity contribution is -0.0294. The first kappa shape index (κ1) is 10.4. The van der Waals surface area contributed by atoms with Crippen LogP contribution in [0.25, 0.3) is 0 Å². The van der Waals surface area contributed by atoms with E-state index in [1.807, 2.05) is 21.7 Å². The van der Waals surface area contributed by atoms with Gasteiger partial charge in [0.05, 0.1) is 18.7 Å². The van der Waals surface area contributed by atoms with Gasteiger partial charge in [-0.3, -0.25) is 0 Å². The summed E-state index contributed by atoms with van der Waals surface area (Å²) in [7, 11) is 1.96. The summed E-state index contributed by atoms with van der Waals surface area (Å²) in [5.41, 5.74) is 0. The lowest BCUT2D eigenvalue weighted by Crippen LogP contribution is -2.34. The molecule has 3 atom stereocenters. The number of ether oxygens (including phenoxy) is 2. The highest BCUT2D eigenvalue weighted by Crippen LogP contribution is 2.20. The largest absolute Gasteiger partial charge is 0.382 e. The quantitative estimate of drug-likeness (QED) is 0.385. The van der Waals surface area contributed by atoms with Crippen molar-refractivity contribution in [3.8, 4) is 0 Å². The zero-order chi connectivity index (χ0) is 9.14. The van der Waals surface area contributed by atoms with Crippen LogP contribution >= 0.6 is 12.9 Å². The summed E-state index contributed by atoms with van der Waals surface area (Å²) < 4.78 is 15.9. The van der Waals surface area contributed by atoms with E-state index in [1.54, 1.807) is 0 Å². The Hall–Kier alpha value is 0.295. The second kappa shape index (κ2) is 4.51. The molecule has 0 N–H and O–H groups in total. The molecule has 2 unspecified atom stereocenters. The van der Waals surface area contributed by atoms with Crippen molar-refractivity contribution in [2.24, 2.45) is 0 Å². The SMILES string of the molecule is B[C@@H]1OCC(OC(C)C)C1OS. The third-order valence-corrected chi connectivity index (χ3v) is 2.16. The van der Waals surface area contributed by atoms with E-state index in [0.717, 1.165) is 0 Å². The van der Waals surface area contributed by atoms with Gasteiger partial charge in [0.15, 0.2) is 0 Å². The van der Waals surface area contributed by atoms with Gasteiger partial charge >= 0.3 is 0 Å². The minimum Gasteiger partial charge on any atom is -0.382 e.